The Balaban J connectivity index is 1.97. The zero-order valence-corrected chi connectivity index (χ0v) is 12.5. The standard InChI is InChI=1S/C16H12ClN3O2/c1-10-13(14(20-22-10)11-6-3-2-4-7-11)16(21)19-12-8-5-9-18-15(12)17/h2-9H,1H3,(H,19,21). The van der Waals surface area contributed by atoms with E-state index in [1.165, 1.54) is 0 Å². The molecule has 0 fully saturated rings. The summed E-state index contributed by atoms with van der Waals surface area (Å²) in [4.78, 5) is 16.5. The summed E-state index contributed by atoms with van der Waals surface area (Å²) in [6.07, 6.45) is 1.55. The molecule has 1 amide bonds. The van der Waals surface area contributed by atoms with E-state index in [0.29, 0.717) is 22.7 Å². The number of carbonyl (C=O) groups excluding carboxylic acids is 1. The highest BCUT2D eigenvalue weighted by atomic mass is 35.5. The molecular weight excluding hydrogens is 302 g/mol. The first-order valence-corrected chi connectivity index (χ1v) is 6.98. The summed E-state index contributed by atoms with van der Waals surface area (Å²) in [7, 11) is 0. The van der Waals surface area contributed by atoms with E-state index in [9.17, 15) is 4.79 Å². The van der Waals surface area contributed by atoms with E-state index < -0.39 is 0 Å². The number of anilines is 1. The van der Waals surface area contributed by atoms with Gasteiger partial charge in [-0.2, -0.15) is 0 Å². The van der Waals surface area contributed by atoms with Crippen molar-refractivity contribution in [1.82, 2.24) is 10.1 Å². The Hall–Kier alpha value is -2.66. The summed E-state index contributed by atoms with van der Waals surface area (Å²) in [5.74, 6) is 0.101. The van der Waals surface area contributed by atoms with E-state index in [2.05, 4.69) is 15.5 Å². The second-order valence-corrected chi connectivity index (χ2v) is 4.98. The Morgan fingerprint density at radius 3 is 2.68 bits per heavy atom. The van der Waals surface area contributed by atoms with E-state index in [1.54, 1.807) is 25.3 Å². The van der Waals surface area contributed by atoms with E-state index in [-0.39, 0.29) is 11.1 Å². The zero-order valence-electron chi connectivity index (χ0n) is 11.7. The van der Waals surface area contributed by atoms with E-state index in [0.717, 1.165) is 5.56 Å². The number of benzene rings is 1. The van der Waals surface area contributed by atoms with Crippen molar-refractivity contribution in [2.24, 2.45) is 0 Å². The Labute approximate surface area is 131 Å². The molecule has 0 aliphatic rings. The van der Waals surface area contributed by atoms with Gasteiger partial charge in [-0.3, -0.25) is 4.79 Å². The molecule has 110 valence electrons. The van der Waals surface area contributed by atoms with Gasteiger partial charge in [-0.15, -0.1) is 0 Å². The van der Waals surface area contributed by atoms with Gasteiger partial charge in [0.2, 0.25) is 0 Å². The first kappa shape index (κ1) is 14.3. The maximum atomic E-state index is 12.5. The monoisotopic (exact) mass is 313 g/mol. The van der Waals surface area contributed by atoms with Crippen LogP contribution in [0.25, 0.3) is 11.3 Å². The first-order valence-electron chi connectivity index (χ1n) is 6.60. The Bertz CT molecular complexity index is 815. The minimum absolute atomic E-state index is 0.228. The van der Waals surface area contributed by atoms with Gasteiger partial charge in [0.15, 0.2) is 5.15 Å². The van der Waals surface area contributed by atoms with Gasteiger partial charge < -0.3 is 9.84 Å². The van der Waals surface area contributed by atoms with Crippen molar-refractivity contribution >= 4 is 23.2 Å². The fourth-order valence-corrected chi connectivity index (χ4v) is 2.26. The zero-order chi connectivity index (χ0) is 15.5. The highest BCUT2D eigenvalue weighted by Crippen LogP contribution is 2.27. The summed E-state index contributed by atoms with van der Waals surface area (Å²) in [6, 6.07) is 12.7. The van der Waals surface area contributed by atoms with Crippen LogP contribution in [0.15, 0.2) is 53.2 Å². The van der Waals surface area contributed by atoms with Crippen LogP contribution in [-0.4, -0.2) is 16.0 Å². The van der Waals surface area contributed by atoms with Gasteiger partial charge in [-0.05, 0) is 19.1 Å². The number of nitrogens with one attached hydrogen (secondary N) is 1. The van der Waals surface area contributed by atoms with Gasteiger partial charge in [-0.1, -0.05) is 47.1 Å². The third-order valence-corrected chi connectivity index (χ3v) is 3.45. The average Bonchev–Trinajstić information content (AvgIpc) is 2.92. The normalized spacial score (nSPS) is 10.5. The summed E-state index contributed by atoms with van der Waals surface area (Å²) in [5, 5.41) is 6.94. The lowest BCUT2D eigenvalue weighted by Gasteiger charge is -2.06. The molecule has 0 spiro atoms. The summed E-state index contributed by atoms with van der Waals surface area (Å²) in [6.45, 7) is 1.69. The van der Waals surface area contributed by atoms with E-state index in [4.69, 9.17) is 16.1 Å². The number of hydrogen-bond acceptors (Lipinski definition) is 4. The maximum Gasteiger partial charge on any atom is 0.261 e. The van der Waals surface area contributed by atoms with Gasteiger partial charge in [0.25, 0.3) is 5.91 Å². The molecule has 5 nitrogen and oxygen atoms in total. The van der Waals surface area contributed by atoms with Crippen molar-refractivity contribution in [2.45, 2.75) is 6.92 Å². The molecule has 1 aromatic carbocycles. The minimum Gasteiger partial charge on any atom is -0.360 e. The number of nitrogens with zero attached hydrogens (tertiary/aromatic N) is 2. The quantitative estimate of drug-likeness (QED) is 0.743. The van der Waals surface area contributed by atoms with Crippen LogP contribution in [0.2, 0.25) is 5.15 Å². The highest BCUT2D eigenvalue weighted by Gasteiger charge is 2.22. The molecule has 0 aliphatic heterocycles. The fraction of sp³-hybridized carbons (Fsp3) is 0.0625. The van der Waals surface area contributed by atoms with Crippen LogP contribution < -0.4 is 5.32 Å². The lowest BCUT2D eigenvalue weighted by molar-refractivity contribution is 0.102. The van der Waals surface area contributed by atoms with Crippen molar-refractivity contribution in [3.63, 3.8) is 0 Å². The van der Waals surface area contributed by atoms with Crippen LogP contribution in [0.5, 0.6) is 0 Å². The molecule has 0 aliphatic carbocycles. The van der Waals surface area contributed by atoms with Crippen molar-refractivity contribution in [1.29, 1.82) is 0 Å². The Kier molecular flexibility index (Phi) is 3.89. The number of aromatic nitrogens is 2. The molecule has 3 aromatic rings. The molecule has 3 rings (SSSR count). The third kappa shape index (κ3) is 2.71. The summed E-state index contributed by atoms with van der Waals surface area (Å²) >= 11 is 5.96. The molecule has 6 heteroatoms. The minimum atomic E-state index is -0.340. The van der Waals surface area contributed by atoms with Crippen LogP contribution in [-0.2, 0) is 0 Å². The van der Waals surface area contributed by atoms with Crippen molar-refractivity contribution in [3.8, 4) is 11.3 Å². The second kappa shape index (κ2) is 5.99. The van der Waals surface area contributed by atoms with Gasteiger partial charge in [0.1, 0.15) is 17.0 Å². The summed E-state index contributed by atoms with van der Waals surface area (Å²) in [5.41, 5.74) is 2.12. The van der Waals surface area contributed by atoms with Crippen molar-refractivity contribution in [2.75, 3.05) is 5.32 Å². The van der Waals surface area contributed by atoms with Crippen LogP contribution >= 0.6 is 11.6 Å². The average molecular weight is 314 g/mol. The predicted octanol–water partition coefficient (Wildman–Crippen LogP) is 3.95. The molecule has 0 radical (unpaired) electrons. The SMILES string of the molecule is Cc1onc(-c2ccccc2)c1C(=O)Nc1cccnc1Cl. The second-order valence-electron chi connectivity index (χ2n) is 4.62. The number of hydrogen-bond donors (Lipinski definition) is 1. The van der Waals surface area contributed by atoms with Crippen molar-refractivity contribution < 1.29 is 9.32 Å². The molecule has 1 N–H and O–H groups in total. The largest absolute Gasteiger partial charge is 0.360 e. The lowest BCUT2D eigenvalue weighted by atomic mass is 10.1. The number of amides is 1. The number of carbonyl (C=O) groups is 1. The number of halogens is 1. The van der Waals surface area contributed by atoms with Crippen LogP contribution in [0.3, 0.4) is 0 Å². The van der Waals surface area contributed by atoms with Gasteiger partial charge >= 0.3 is 0 Å². The molecule has 0 unspecified atom stereocenters. The van der Waals surface area contributed by atoms with Crippen LogP contribution in [0, 0.1) is 6.92 Å². The van der Waals surface area contributed by atoms with Gasteiger partial charge in [-0.25, -0.2) is 4.98 Å². The number of pyridine rings is 1. The van der Waals surface area contributed by atoms with Crippen molar-refractivity contribution in [3.05, 3.63) is 65.1 Å². The maximum absolute atomic E-state index is 12.5. The topological polar surface area (TPSA) is 68.0 Å². The molecule has 0 saturated carbocycles. The summed E-state index contributed by atoms with van der Waals surface area (Å²) < 4.78 is 5.18. The van der Waals surface area contributed by atoms with Crippen LogP contribution in [0.1, 0.15) is 16.1 Å². The highest BCUT2D eigenvalue weighted by molar-refractivity contribution is 6.32. The molecule has 0 saturated heterocycles. The van der Waals surface area contributed by atoms with E-state index in [1.807, 2.05) is 30.3 Å². The fourth-order valence-electron chi connectivity index (χ4n) is 2.10. The van der Waals surface area contributed by atoms with Gasteiger partial charge in [0.05, 0.1) is 5.69 Å². The third-order valence-electron chi connectivity index (χ3n) is 3.14. The Morgan fingerprint density at radius 2 is 1.95 bits per heavy atom. The van der Waals surface area contributed by atoms with Crippen LogP contribution in [0.4, 0.5) is 5.69 Å². The van der Waals surface area contributed by atoms with Gasteiger partial charge in [0, 0.05) is 11.8 Å². The molecule has 0 bridgehead atoms. The molecule has 2 aromatic heterocycles. The molecule has 2 heterocycles. The lowest BCUT2D eigenvalue weighted by Crippen LogP contribution is -2.14. The molecule has 22 heavy (non-hydrogen) atoms. The number of aryl methyl sites for hydroxylation is 1. The molecular formula is C16H12ClN3O2. The predicted molar refractivity (Wildman–Crippen MR) is 83.9 cm³/mol. The smallest absolute Gasteiger partial charge is 0.261 e. The number of rotatable bonds is 3. The molecule has 0 atom stereocenters. The van der Waals surface area contributed by atoms with E-state index >= 15 is 0 Å². The Morgan fingerprint density at radius 1 is 1.18 bits per heavy atom. The first-order chi connectivity index (χ1) is 10.7.